The Morgan fingerprint density at radius 1 is 1.62 bits per heavy atom. The third-order valence-electron chi connectivity index (χ3n) is 1.50. The zero-order chi connectivity index (χ0) is 9.68. The van der Waals surface area contributed by atoms with Crippen molar-refractivity contribution >= 4 is 5.69 Å². The Hall–Kier alpha value is -1.76. The largest absolute Gasteiger partial charge is 0.477 e. The minimum Gasteiger partial charge on any atom is -0.477 e. The lowest BCUT2D eigenvalue weighted by Gasteiger charge is -2.07. The highest BCUT2D eigenvalue weighted by molar-refractivity contribution is 5.56. The molecule has 1 aromatic carbocycles. The maximum absolute atomic E-state index is 12.7. The molecule has 0 saturated heterocycles. The maximum atomic E-state index is 12.7. The van der Waals surface area contributed by atoms with Gasteiger partial charge in [0.05, 0.1) is 5.69 Å². The summed E-state index contributed by atoms with van der Waals surface area (Å²) in [6.07, 6.45) is 0. The Bertz CT molecular complexity index is 333. The number of nitriles is 1. The van der Waals surface area contributed by atoms with Crippen molar-refractivity contribution in [3.8, 4) is 11.8 Å². The number of nitrogens with one attached hydrogen (secondary N) is 1. The van der Waals surface area contributed by atoms with Gasteiger partial charge in [-0.05, 0) is 12.1 Å². The van der Waals surface area contributed by atoms with Gasteiger partial charge < -0.3 is 10.1 Å². The number of benzene rings is 1. The molecule has 0 heterocycles. The van der Waals surface area contributed by atoms with E-state index in [4.69, 9.17) is 10.00 Å². The molecule has 0 atom stereocenters. The van der Waals surface area contributed by atoms with Crippen molar-refractivity contribution in [1.82, 2.24) is 0 Å². The molecule has 1 rings (SSSR count). The molecule has 0 aliphatic heterocycles. The van der Waals surface area contributed by atoms with Crippen LogP contribution in [0.5, 0.6) is 5.75 Å². The molecule has 1 aromatic rings. The highest BCUT2D eigenvalue weighted by atomic mass is 19.1. The molecule has 13 heavy (non-hydrogen) atoms. The molecule has 0 bridgehead atoms. The predicted molar refractivity (Wildman–Crippen MR) is 47.1 cm³/mol. The van der Waals surface area contributed by atoms with Crippen molar-refractivity contribution < 1.29 is 9.13 Å². The first-order valence-electron chi connectivity index (χ1n) is 3.75. The van der Waals surface area contributed by atoms with Gasteiger partial charge in [0.2, 0.25) is 0 Å². The Morgan fingerprint density at radius 2 is 2.38 bits per heavy atom. The summed E-state index contributed by atoms with van der Waals surface area (Å²) < 4.78 is 17.7. The average molecular weight is 180 g/mol. The van der Waals surface area contributed by atoms with Gasteiger partial charge in [0, 0.05) is 13.1 Å². The molecule has 0 aromatic heterocycles. The van der Waals surface area contributed by atoms with Gasteiger partial charge in [-0.15, -0.1) is 0 Å². The van der Waals surface area contributed by atoms with E-state index in [1.807, 2.05) is 6.07 Å². The fraction of sp³-hybridized carbons (Fsp3) is 0.222. The average Bonchev–Trinajstić information content (AvgIpc) is 2.16. The van der Waals surface area contributed by atoms with Gasteiger partial charge in [0.1, 0.15) is 17.6 Å². The van der Waals surface area contributed by atoms with Crippen LogP contribution < -0.4 is 10.1 Å². The van der Waals surface area contributed by atoms with Crippen LogP contribution in [0.15, 0.2) is 18.2 Å². The Kier molecular flexibility index (Phi) is 3.09. The lowest BCUT2D eigenvalue weighted by Crippen LogP contribution is -1.98. The molecule has 68 valence electrons. The lowest BCUT2D eigenvalue weighted by atomic mass is 10.3. The molecule has 3 nitrogen and oxygen atoms in total. The van der Waals surface area contributed by atoms with Crippen molar-refractivity contribution in [3.05, 3.63) is 24.0 Å². The van der Waals surface area contributed by atoms with Crippen molar-refractivity contribution in [2.45, 2.75) is 0 Å². The summed E-state index contributed by atoms with van der Waals surface area (Å²) in [5.74, 6) is 0.138. The van der Waals surface area contributed by atoms with Crippen molar-refractivity contribution in [2.24, 2.45) is 0 Å². The van der Waals surface area contributed by atoms with E-state index in [0.29, 0.717) is 11.4 Å². The minimum absolute atomic E-state index is 0.0414. The van der Waals surface area contributed by atoms with Crippen LogP contribution in [0.1, 0.15) is 0 Å². The van der Waals surface area contributed by atoms with E-state index in [2.05, 4.69) is 5.32 Å². The highest BCUT2D eigenvalue weighted by Crippen LogP contribution is 2.24. The van der Waals surface area contributed by atoms with E-state index in [1.54, 1.807) is 7.05 Å². The van der Waals surface area contributed by atoms with E-state index in [0.717, 1.165) is 0 Å². The van der Waals surface area contributed by atoms with Gasteiger partial charge in [-0.25, -0.2) is 4.39 Å². The zero-order valence-corrected chi connectivity index (χ0v) is 7.17. The van der Waals surface area contributed by atoms with Gasteiger partial charge in [0.15, 0.2) is 6.61 Å². The number of rotatable bonds is 3. The summed E-state index contributed by atoms with van der Waals surface area (Å²) in [7, 11) is 1.66. The monoisotopic (exact) mass is 180 g/mol. The normalized spacial score (nSPS) is 9.00. The number of hydrogen-bond donors (Lipinski definition) is 1. The second-order valence-electron chi connectivity index (χ2n) is 2.34. The van der Waals surface area contributed by atoms with Crippen molar-refractivity contribution in [3.63, 3.8) is 0 Å². The summed E-state index contributed by atoms with van der Waals surface area (Å²) in [6.45, 7) is -0.0414. The molecule has 0 aliphatic rings. The number of ether oxygens (including phenoxy) is 1. The summed E-state index contributed by atoms with van der Waals surface area (Å²) in [6, 6.07) is 5.92. The number of halogens is 1. The quantitative estimate of drug-likeness (QED) is 0.771. The predicted octanol–water partition coefficient (Wildman–Crippen LogP) is 1.77. The van der Waals surface area contributed by atoms with Gasteiger partial charge in [-0.1, -0.05) is 0 Å². The fourth-order valence-electron chi connectivity index (χ4n) is 0.933. The highest BCUT2D eigenvalue weighted by Gasteiger charge is 2.02. The summed E-state index contributed by atoms with van der Waals surface area (Å²) in [5.41, 5.74) is 0.537. The smallest absolute Gasteiger partial charge is 0.174 e. The molecule has 0 fully saturated rings. The number of nitrogens with zero attached hydrogens (tertiary/aromatic N) is 1. The molecular formula is C9H9FN2O. The third kappa shape index (κ3) is 2.34. The first-order chi connectivity index (χ1) is 6.27. The SMILES string of the molecule is CNc1cc(F)ccc1OCC#N. The summed E-state index contributed by atoms with van der Waals surface area (Å²) in [5, 5.41) is 11.0. The summed E-state index contributed by atoms with van der Waals surface area (Å²) in [4.78, 5) is 0. The fourth-order valence-corrected chi connectivity index (χ4v) is 0.933. The Morgan fingerprint density at radius 3 is 3.00 bits per heavy atom. The van der Waals surface area contributed by atoms with Crippen LogP contribution in [0.4, 0.5) is 10.1 Å². The Labute approximate surface area is 75.7 Å². The van der Waals surface area contributed by atoms with E-state index < -0.39 is 0 Å². The van der Waals surface area contributed by atoms with Crippen LogP contribution in [-0.4, -0.2) is 13.7 Å². The maximum Gasteiger partial charge on any atom is 0.174 e. The van der Waals surface area contributed by atoms with Crippen LogP contribution in [0.25, 0.3) is 0 Å². The van der Waals surface area contributed by atoms with E-state index in [9.17, 15) is 4.39 Å². The first-order valence-corrected chi connectivity index (χ1v) is 3.75. The molecule has 0 radical (unpaired) electrons. The molecule has 1 N–H and O–H groups in total. The standard InChI is InChI=1S/C9H9FN2O/c1-12-8-6-7(10)2-3-9(8)13-5-4-11/h2-3,6,12H,5H2,1H3. The molecule has 0 amide bonds. The van der Waals surface area contributed by atoms with Crippen molar-refractivity contribution in [2.75, 3.05) is 19.0 Å². The van der Waals surface area contributed by atoms with Crippen LogP contribution in [0, 0.1) is 17.1 Å². The Balaban J connectivity index is 2.87. The second kappa shape index (κ2) is 4.31. The minimum atomic E-state index is -0.339. The first kappa shape index (κ1) is 9.33. The molecule has 4 heteroatoms. The molecule has 0 aliphatic carbocycles. The molecule has 0 spiro atoms. The van der Waals surface area contributed by atoms with E-state index >= 15 is 0 Å². The van der Waals surface area contributed by atoms with Gasteiger partial charge in [-0.3, -0.25) is 0 Å². The van der Waals surface area contributed by atoms with Crippen LogP contribution in [0.2, 0.25) is 0 Å². The summed E-state index contributed by atoms with van der Waals surface area (Å²) >= 11 is 0. The van der Waals surface area contributed by atoms with Crippen LogP contribution in [0.3, 0.4) is 0 Å². The third-order valence-corrected chi connectivity index (χ3v) is 1.50. The number of hydrogen-bond acceptors (Lipinski definition) is 3. The molecule has 0 unspecified atom stereocenters. The lowest BCUT2D eigenvalue weighted by molar-refractivity contribution is 0.369. The second-order valence-corrected chi connectivity index (χ2v) is 2.34. The van der Waals surface area contributed by atoms with E-state index in [1.165, 1.54) is 18.2 Å². The number of anilines is 1. The van der Waals surface area contributed by atoms with Crippen molar-refractivity contribution in [1.29, 1.82) is 5.26 Å². The van der Waals surface area contributed by atoms with E-state index in [-0.39, 0.29) is 12.4 Å². The van der Waals surface area contributed by atoms with Gasteiger partial charge >= 0.3 is 0 Å². The van der Waals surface area contributed by atoms with Gasteiger partial charge in [0.25, 0.3) is 0 Å². The van der Waals surface area contributed by atoms with Gasteiger partial charge in [-0.2, -0.15) is 5.26 Å². The van der Waals surface area contributed by atoms with Crippen LogP contribution in [-0.2, 0) is 0 Å². The zero-order valence-electron chi connectivity index (χ0n) is 7.17. The molecular weight excluding hydrogens is 171 g/mol. The molecule has 0 saturated carbocycles. The van der Waals surface area contributed by atoms with Crippen LogP contribution >= 0.6 is 0 Å². The topological polar surface area (TPSA) is 45.0 Å².